The van der Waals surface area contributed by atoms with Gasteiger partial charge in [0.1, 0.15) is 5.51 Å². The second-order valence-corrected chi connectivity index (χ2v) is 5.06. The molecule has 1 aromatic rings. The summed E-state index contributed by atoms with van der Waals surface area (Å²) in [5.41, 5.74) is 1.92. The van der Waals surface area contributed by atoms with Crippen molar-refractivity contribution in [1.82, 2.24) is 10.2 Å². The topological polar surface area (TPSA) is 47.0 Å². The van der Waals surface area contributed by atoms with Crippen LogP contribution in [0.25, 0.3) is 0 Å². The van der Waals surface area contributed by atoms with Crippen LogP contribution in [0.2, 0.25) is 0 Å². The van der Waals surface area contributed by atoms with Crippen LogP contribution >= 0.6 is 11.3 Å². The first-order valence-corrected chi connectivity index (χ1v) is 5.58. The summed E-state index contributed by atoms with van der Waals surface area (Å²) in [5.74, 6) is 0. The first kappa shape index (κ1) is 9.86. The van der Waals surface area contributed by atoms with Gasteiger partial charge in [-0.1, -0.05) is 25.2 Å². The molecule has 1 N–H and O–H groups in total. The molecule has 0 amide bonds. The van der Waals surface area contributed by atoms with Crippen molar-refractivity contribution in [3.05, 3.63) is 5.51 Å². The monoisotopic (exact) mass is 213 g/mol. The zero-order valence-corrected chi connectivity index (χ0v) is 9.47. The van der Waals surface area contributed by atoms with Gasteiger partial charge in [0.2, 0.25) is 5.13 Å². The van der Waals surface area contributed by atoms with E-state index in [4.69, 9.17) is 4.74 Å². The SMILES string of the molecule is COC1CC(Nc2nncs2)C1(C)C. The van der Waals surface area contributed by atoms with Gasteiger partial charge in [-0.25, -0.2) is 0 Å². The lowest BCUT2D eigenvalue weighted by molar-refractivity contribution is -0.0794. The number of methoxy groups -OCH3 is 1. The molecule has 78 valence electrons. The normalized spacial score (nSPS) is 29.6. The average Bonchev–Trinajstić information content (AvgIpc) is 2.64. The minimum Gasteiger partial charge on any atom is -0.381 e. The Morgan fingerprint density at radius 2 is 2.43 bits per heavy atom. The van der Waals surface area contributed by atoms with E-state index < -0.39 is 0 Å². The molecule has 1 aromatic heterocycles. The van der Waals surface area contributed by atoms with E-state index in [2.05, 4.69) is 29.4 Å². The van der Waals surface area contributed by atoms with Gasteiger partial charge in [0, 0.05) is 18.6 Å². The molecule has 5 heteroatoms. The molecule has 0 aliphatic heterocycles. The van der Waals surface area contributed by atoms with Crippen LogP contribution < -0.4 is 5.32 Å². The molecule has 1 fully saturated rings. The molecule has 0 aromatic carbocycles. The van der Waals surface area contributed by atoms with E-state index >= 15 is 0 Å². The standard InChI is InChI=1S/C9H15N3OS/c1-9(2)6(4-7(9)13-3)11-8-12-10-5-14-8/h5-7H,4H2,1-3H3,(H,11,12). The molecule has 1 heterocycles. The average molecular weight is 213 g/mol. The van der Waals surface area contributed by atoms with Crippen molar-refractivity contribution in [2.75, 3.05) is 12.4 Å². The highest BCUT2D eigenvalue weighted by Crippen LogP contribution is 2.44. The first-order valence-electron chi connectivity index (χ1n) is 4.70. The van der Waals surface area contributed by atoms with Gasteiger partial charge in [-0.05, 0) is 6.42 Å². The minimum atomic E-state index is 0.181. The fourth-order valence-electron chi connectivity index (χ4n) is 1.92. The van der Waals surface area contributed by atoms with E-state index in [-0.39, 0.29) is 5.41 Å². The zero-order valence-electron chi connectivity index (χ0n) is 8.65. The number of anilines is 1. The van der Waals surface area contributed by atoms with E-state index in [1.54, 1.807) is 12.6 Å². The van der Waals surface area contributed by atoms with Gasteiger partial charge >= 0.3 is 0 Å². The second-order valence-electron chi connectivity index (χ2n) is 4.22. The summed E-state index contributed by atoms with van der Waals surface area (Å²) in [6.45, 7) is 4.42. The van der Waals surface area contributed by atoms with Crippen molar-refractivity contribution < 1.29 is 4.74 Å². The van der Waals surface area contributed by atoms with Crippen LogP contribution in [0.4, 0.5) is 5.13 Å². The zero-order chi connectivity index (χ0) is 10.2. The van der Waals surface area contributed by atoms with E-state index in [0.717, 1.165) is 11.6 Å². The van der Waals surface area contributed by atoms with E-state index in [9.17, 15) is 0 Å². The molecule has 2 unspecified atom stereocenters. The third kappa shape index (κ3) is 1.50. The van der Waals surface area contributed by atoms with Crippen LogP contribution in [-0.4, -0.2) is 29.5 Å². The molecular formula is C9H15N3OS. The molecule has 14 heavy (non-hydrogen) atoms. The van der Waals surface area contributed by atoms with E-state index in [0.29, 0.717) is 12.1 Å². The summed E-state index contributed by atoms with van der Waals surface area (Å²) < 4.78 is 5.38. The Balaban J connectivity index is 1.96. The summed E-state index contributed by atoms with van der Waals surface area (Å²) in [6.07, 6.45) is 1.40. The van der Waals surface area contributed by atoms with Crippen LogP contribution in [0, 0.1) is 5.41 Å². The summed E-state index contributed by atoms with van der Waals surface area (Å²) in [4.78, 5) is 0. The van der Waals surface area contributed by atoms with Gasteiger partial charge in [-0.15, -0.1) is 10.2 Å². The number of rotatable bonds is 3. The maximum Gasteiger partial charge on any atom is 0.205 e. The molecule has 1 aliphatic carbocycles. The van der Waals surface area contributed by atoms with Gasteiger partial charge in [0.05, 0.1) is 6.10 Å². The molecule has 2 atom stereocenters. The predicted octanol–water partition coefficient (Wildman–Crippen LogP) is 1.76. The number of hydrogen-bond donors (Lipinski definition) is 1. The Labute approximate surface area is 87.7 Å². The Morgan fingerprint density at radius 1 is 1.64 bits per heavy atom. The molecule has 0 bridgehead atoms. The molecular weight excluding hydrogens is 198 g/mol. The third-order valence-corrected chi connectivity index (χ3v) is 3.74. The third-order valence-electron chi connectivity index (χ3n) is 3.12. The lowest BCUT2D eigenvalue weighted by atomic mass is 9.64. The lowest BCUT2D eigenvalue weighted by Gasteiger charge is -2.51. The first-order chi connectivity index (χ1) is 6.64. The highest BCUT2D eigenvalue weighted by Gasteiger charge is 2.48. The molecule has 4 nitrogen and oxygen atoms in total. The summed E-state index contributed by atoms with van der Waals surface area (Å²) in [6, 6.07) is 0.445. The largest absolute Gasteiger partial charge is 0.381 e. The van der Waals surface area contributed by atoms with Gasteiger partial charge in [0.15, 0.2) is 0 Å². The second kappa shape index (κ2) is 3.47. The molecule has 1 aliphatic rings. The molecule has 0 radical (unpaired) electrons. The number of nitrogens with one attached hydrogen (secondary N) is 1. The molecule has 1 saturated carbocycles. The van der Waals surface area contributed by atoms with Crippen molar-refractivity contribution in [2.24, 2.45) is 5.41 Å². The van der Waals surface area contributed by atoms with Crippen molar-refractivity contribution in [2.45, 2.75) is 32.4 Å². The quantitative estimate of drug-likeness (QED) is 0.831. The number of hydrogen-bond acceptors (Lipinski definition) is 5. The van der Waals surface area contributed by atoms with Crippen molar-refractivity contribution in [1.29, 1.82) is 0 Å². The van der Waals surface area contributed by atoms with Gasteiger partial charge in [0.25, 0.3) is 0 Å². The van der Waals surface area contributed by atoms with Gasteiger partial charge < -0.3 is 10.1 Å². The fraction of sp³-hybridized carbons (Fsp3) is 0.778. The Morgan fingerprint density at radius 3 is 2.93 bits per heavy atom. The fourth-order valence-corrected chi connectivity index (χ4v) is 2.41. The highest BCUT2D eigenvalue weighted by molar-refractivity contribution is 7.13. The molecule has 0 spiro atoms. The van der Waals surface area contributed by atoms with Crippen molar-refractivity contribution in [3.63, 3.8) is 0 Å². The van der Waals surface area contributed by atoms with E-state index in [1.807, 2.05) is 0 Å². The number of ether oxygens (including phenoxy) is 1. The van der Waals surface area contributed by atoms with Crippen molar-refractivity contribution in [3.8, 4) is 0 Å². The van der Waals surface area contributed by atoms with Crippen LogP contribution in [0.5, 0.6) is 0 Å². The Hall–Kier alpha value is -0.680. The summed E-state index contributed by atoms with van der Waals surface area (Å²) in [7, 11) is 1.77. The van der Waals surface area contributed by atoms with Gasteiger partial charge in [-0.3, -0.25) is 0 Å². The maximum atomic E-state index is 5.38. The van der Waals surface area contributed by atoms with Crippen LogP contribution in [0.15, 0.2) is 5.51 Å². The highest BCUT2D eigenvalue weighted by atomic mass is 32.1. The summed E-state index contributed by atoms with van der Waals surface area (Å²) in [5, 5.41) is 12.0. The maximum absolute atomic E-state index is 5.38. The lowest BCUT2D eigenvalue weighted by Crippen LogP contribution is -2.57. The van der Waals surface area contributed by atoms with E-state index in [1.165, 1.54) is 11.3 Å². The van der Waals surface area contributed by atoms with Crippen LogP contribution in [0.1, 0.15) is 20.3 Å². The predicted molar refractivity (Wildman–Crippen MR) is 56.5 cm³/mol. The Bertz CT molecular complexity index is 299. The smallest absolute Gasteiger partial charge is 0.205 e. The van der Waals surface area contributed by atoms with Crippen molar-refractivity contribution >= 4 is 16.5 Å². The Kier molecular flexibility index (Phi) is 2.45. The van der Waals surface area contributed by atoms with Crippen LogP contribution in [0.3, 0.4) is 0 Å². The minimum absolute atomic E-state index is 0.181. The molecule has 0 saturated heterocycles. The number of aromatic nitrogens is 2. The summed E-state index contributed by atoms with van der Waals surface area (Å²) >= 11 is 1.54. The number of nitrogens with zero attached hydrogens (tertiary/aromatic N) is 2. The molecule has 2 rings (SSSR count). The van der Waals surface area contributed by atoms with Gasteiger partial charge in [-0.2, -0.15) is 0 Å². The van der Waals surface area contributed by atoms with Crippen LogP contribution in [-0.2, 0) is 4.74 Å².